The minimum atomic E-state index is 0.598. The lowest BCUT2D eigenvalue weighted by Crippen LogP contribution is -2.51. The first kappa shape index (κ1) is 11.0. The fraction of sp³-hybridized carbons (Fsp3) is 1.00. The van der Waals surface area contributed by atoms with E-state index in [4.69, 9.17) is 0 Å². The number of likely N-dealkylation sites (tertiary alicyclic amines) is 1. The molecule has 1 saturated heterocycles. The minimum Gasteiger partial charge on any atom is -0.316 e. The molecule has 0 aromatic carbocycles. The highest BCUT2D eigenvalue weighted by Gasteiger charge is 2.25. The van der Waals surface area contributed by atoms with Crippen LogP contribution in [0.1, 0.15) is 40.0 Å². The highest BCUT2D eigenvalue weighted by atomic mass is 15.2. The topological polar surface area (TPSA) is 15.3 Å². The number of rotatable bonds is 3. The second kappa shape index (κ2) is 4.97. The van der Waals surface area contributed by atoms with Gasteiger partial charge in [0.05, 0.1) is 0 Å². The Morgan fingerprint density at radius 2 is 2.00 bits per heavy atom. The van der Waals surface area contributed by atoms with E-state index in [9.17, 15) is 0 Å². The Bertz CT molecular complexity index is 147. The number of likely N-dealkylation sites (N-methyl/N-ethyl adjacent to an activating group) is 1. The van der Waals surface area contributed by atoms with E-state index in [0.717, 1.165) is 6.04 Å². The molecule has 0 aromatic heterocycles. The smallest absolute Gasteiger partial charge is 0.0221 e. The Balaban J connectivity index is 2.47. The summed E-state index contributed by atoms with van der Waals surface area (Å²) in [5, 5.41) is 3.34. The first-order valence-corrected chi connectivity index (χ1v) is 5.59. The van der Waals surface area contributed by atoms with Crippen LogP contribution < -0.4 is 5.32 Å². The molecule has 0 bridgehead atoms. The van der Waals surface area contributed by atoms with Gasteiger partial charge in [0.1, 0.15) is 0 Å². The largest absolute Gasteiger partial charge is 0.316 e. The van der Waals surface area contributed by atoms with Crippen LogP contribution in [-0.2, 0) is 0 Å². The Labute approximate surface area is 82.7 Å². The third-order valence-electron chi connectivity index (χ3n) is 3.56. The number of hydrogen-bond acceptors (Lipinski definition) is 2. The van der Waals surface area contributed by atoms with Gasteiger partial charge in [-0.2, -0.15) is 0 Å². The number of hydrogen-bond donors (Lipinski definition) is 1. The lowest BCUT2D eigenvalue weighted by molar-refractivity contribution is 0.0962. The fourth-order valence-electron chi connectivity index (χ4n) is 2.25. The predicted molar refractivity (Wildman–Crippen MR) is 58.0 cm³/mol. The summed E-state index contributed by atoms with van der Waals surface area (Å²) < 4.78 is 0. The molecule has 0 amide bonds. The molecule has 3 unspecified atom stereocenters. The van der Waals surface area contributed by atoms with Crippen molar-refractivity contribution in [2.75, 3.05) is 13.6 Å². The van der Waals surface area contributed by atoms with Crippen molar-refractivity contribution in [3.05, 3.63) is 0 Å². The molecule has 0 aromatic rings. The molecular weight excluding hydrogens is 160 g/mol. The minimum absolute atomic E-state index is 0.598. The van der Waals surface area contributed by atoms with Gasteiger partial charge in [-0.1, -0.05) is 6.42 Å². The summed E-state index contributed by atoms with van der Waals surface area (Å²) in [6.07, 6.45) is 4.17. The summed E-state index contributed by atoms with van der Waals surface area (Å²) in [7, 11) is 2.05. The zero-order valence-corrected chi connectivity index (χ0v) is 9.51. The highest BCUT2D eigenvalue weighted by Crippen LogP contribution is 2.20. The molecule has 0 saturated carbocycles. The molecule has 0 radical (unpaired) electrons. The maximum Gasteiger partial charge on any atom is 0.0221 e. The Hall–Kier alpha value is -0.0800. The highest BCUT2D eigenvalue weighted by molar-refractivity contribution is 4.83. The van der Waals surface area contributed by atoms with Gasteiger partial charge in [-0.15, -0.1) is 0 Å². The van der Waals surface area contributed by atoms with Crippen LogP contribution in [0.25, 0.3) is 0 Å². The average Bonchev–Trinajstić information content (AvgIpc) is 2.16. The molecule has 0 spiro atoms. The van der Waals surface area contributed by atoms with Gasteiger partial charge in [0.25, 0.3) is 0 Å². The Morgan fingerprint density at radius 3 is 2.54 bits per heavy atom. The van der Waals surface area contributed by atoms with E-state index >= 15 is 0 Å². The van der Waals surface area contributed by atoms with Gasteiger partial charge in [0.2, 0.25) is 0 Å². The van der Waals surface area contributed by atoms with E-state index in [-0.39, 0.29) is 0 Å². The molecule has 13 heavy (non-hydrogen) atoms. The van der Waals surface area contributed by atoms with E-state index in [1.54, 1.807) is 0 Å². The van der Waals surface area contributed by atoms with E-state index in [1.807, 2.05) is 0 Å². The van der Waals surface area contributed by atoms with Crippen molar-refractivity contribution >= 4 is 0 Å². The van der Waals surface area contributed by atoms with Crippen molar-refractivity contribution in [2.45, 2.75) is 58.2 Å². The van der Waals surface area contributed by atoms with E-state index in [2.05, 4.69) is 38.0 Å². The van der Waals surface area contributed by atoms with Gasteiger partial charge < -0.3 is 5.32 Å². The molecule has 1 aliphatic rings. The SMILES string of the molecule is CNC(C)C(C)N1CCCCC1C. The first-order valence-electron chi connectivity index (χ1n) is 5.59. The van der Waals surface area contributed by atoms with Gasteiger partial charge in [-0.3, -0.25) is 4.90 Å². The Morgan fingerprint density at radius 1 is 1.31 bits per heavy atom. The van der Waals surface area contributed by atoms with Crippen LogP contribution >= 0.6 is 0 Å². The maximum absolute atomic E-state index is 3.34. The molecule has 0 aliphatic carbocycles. The summed E-state index contributed by atoms with van der Waals surface area (Å²) in [6.45, 7) is 8.25. The van der Waals surface area contributed by atoms with Crippen LogP contribution in [0.15, 0.2) is 0 Å². The third-order valence-corrected chi connectivity index (χ3v) is 3.56. The van der Waals surface area contributed by atoms with Crippen LogP contribution in [0, 0.1) is 0 Å². The van der Waals surface area contributed by atoms with Crippen LogP contribution in [0.2, 0.25) is 0 Å². The van der Waals surface area contributed by atoms with Gasteiger partial charge in [-0.05, 0) is 47.2 Å². The molecule has 78 valence electrons. The number of nitrogens with one attached hydrogen (secondary N) is 1. The molecule has 2 nitrogen and oxygen atoms in total. The summed E-state index contributed by atoms with van der Waals surface area (Å²) in [4.78, 5) is 2.64. The molecule has 1 rings (SSSR count). The molecule has 2 heteroatoms. The van der Waals surface area contributed by atoms with Crippen molar-refractivity contribution in [1.82, 2.24) is 10.2 Å². The van der Waals surface area contributed by atoms with Crippen molar-refractivity contribution in [3.63, 3.8) is 0 Å². The lowest BCUT2D eigenvalue weighted by Gasteiger charge is -2.40. The third kappa shape index (κ3) is 2.68. The molecule has 1 heterocycles. The van der Waals surface area contributed by atoms with Crippen LogP contribution in [0.4, 0.5) is 0 Å². The zero-order valence-electron chi connectivity index (χ0n) is 9.51. The Kier molecular flexibility index (Phi) is 4.20. The molecular formula is C11H24N2. The quantitative estimate of drug-likeness (QED) is 0.720. The maximum atomic E-state index is 3.34. The number of nitrogens with zero attached hydrogens (tertiary/aromatic N) is 1. The lowest BCUT2D eigenvalue weighted by atomic mass is 9.99. The van der Waals surface area contributed by atoms with Crippen LogP contribution in [0.5, 0.6) is 0 Å². The summed E-state index contributed by atoms with van der Waals surface area (Å²) in [5.74, 6) is 0. The molecule has 1 aliphatic heterocycles. The van der Waals surface area contributed by atoms with Crippen molar-refractivity contribution in [2.24, 2.45) is 0 Å². The normalized spacial score (nSPS) is 30.0. The summed E-state index contributed by atoms with van der Waals surface area (Å²) in [5.41, 5.74) is 0. The standard InChI is InChI=1S/C11H24N2/c1-9-7-5-6-8-13(9)11(3)10(2)12-4/h9-12H,5-8H2,1-4H3. The zero-order chi connectivity index (χ0) is 9.84. The van der Waals surface area contributed by atoms with Gasteiger partial charge >= 0.3 is 0 Å². The summed E-state index contributed by atoms with van der Waals surface area (Å²) in [6, 6.07) is 2.04. The van der Waals surface area contributed by atoms with Gasteiger partial charge in [0.15, 0.2) is 0 Å². The van der Waals surface area contributed by atoms with E-state index < -0.39 is 0 Å². The van der Waals surface area contributed by atoms with E-state index in [0.29, 0.717) is 12.1 Å². The monoisotopic (exact) mass is 184 g/mol. The predicted octanol–water partition coefficient (Wildman–Crippen LogP) is 1.86. The van der Waals surface area contributed by atoms with Crippen molar-refractivity contribution in [3.8, 4) is 0 Å². The fourth-order valence-corrected chi connectivity index (χ4v) is 2.25. The summed E-state index contributed by atoms with van der Waals surface area (Å²) >= 11 is 0. The van der Waals surface area contributed by atoms with Gasteiger partial charge in [0, 0.05) is 18.1 Å². The average molecular weight is 184 g/mol. The first-order chi connectivity index (χ1) is 6.16. The van der Waals surface area contributed by atoms with Crippen LogP contribution in [0.3, 0.4) is 0 Å². The second-order valence-corrected chi connectivity index (χ2v) is 4.40. The number of piperidine rings is 1. The van der Waals surface area contributed by atoms with Gasteiger partial charge in [-0.25, -0.2) is 0 Å². The molecule has 1 fully saturated rings. The van der Waals surface area contributed by atoms with Crippen molar-refractivity contribution < 1.29 is 0 Å². The van der Waals surface area contributed by atoms with Crippen molar-refractivity contribution in [1.29, 1.82) is 0 Å². The van der Waals surface area contributed by atoms with E-state index in [1.165, 1.54) is 25.8 Å². The molecule has 3 atom stereocenters. The second-order valence-electron chi connectivity index (χ2n) is 4.40. The molecule has 1 N–H and O–H groups in total. The van der Waals surface area contributed by atoms with Crippen LogP contribution in [-0.4, -0.2) is 36.6 Å².